The van der Waals surface area contributed by atoms with E-state index in [-0.39, 0.29) is 12.3 Å². The van der Waals surface area contributed by atoms with Crippen molar-refractivity contribution < 1.29 is 23.9 Å². The van der Waals surface area contributed by atoms with Gasteiger partial charge in [0, 0.05) is 5.56 Å². The first kappa shape index (κ1) is 18.7. The summed E-state index contributed by atoms with van der Waals surface area (Å²) in [6, 6.07) is 4.51. The van der Waals surface area contributed by atoms with Crippen molar-refractivity contribution in [3.8, 4) is 0 Å². The molecule has 1 N–H and O–H groups in total. The number of rotatable bonds is 6. The topological polar surface area (TPSA) is 81.7 Å². The lowest BCUT2D eigenvalue weighted by Gasteiger charge is -2.19. The van der Waals surface area contributed by atoms with Crippen LogP contribution >= 0.6 is 0 Å². The van der Waals surface area contributed by atoms with Gasteiger partial charge in [-0.15, -0.1) is 0 Å². The van der Waals surface area contributed by atoms with E-state index in [4.69, 9.17) is 4.74 Å². The van der Waals surface area contributed by atoms with Gasteiger partial charge in [-0.25, -0.2) is 4.79 Å². The van der Waals surface area contributed by atoms with Crippen LogP contribution in [0.15, 0.2) is 18.2 Å². The largest absolute Gasteiger partial charge is 0.469 e. The average Bonchev–Trinajstić information content (AvgIpc) is 2.51. The summed E-state index contributed by atoms with van der Waals surface area (Å²) in [5.41, 5.74) is 2.36. The molecule has 0 aliphatic carbocycles. The van der Waals surface area contributed by atoms with E-state index in [1.54, 1.807) is 19.1 Å². The molecule has 23 heavy (non-hydrogen) atoms. The van der Waals surface area contributed by atoms with Crippen LogP contribution in [0.25, 0.3) is 0 Å². The van der Waals surface area contributed by atoms with Crippen LogP contribution in [0.5, 0.6) is 0 Å². The van der Waals surface area contributed by atoms with Crippen molar-refractivity contribution in [2.75, 3.05) is 14.2 Å². The van der Waals surface area contributed by atoms with Crippen molar-refractivity contribution in [1.29, 1.82) is 0 Å². The molecule has 0 aliphatic rings. The molecular weight excluding hydrogens is 298 g/mol. The van der Waals surface area contributed by atoms with Crippen LogP contribution in [0.4, 0.5) is 0 Å². The molecule has 0 heterocycles. The van der Waals surface area contributed by atoms with Crippen LogP contribution in [0.3, 0.4) is 0 Å². The maximum absolute atomic E-state index is 12.4. The van der Waals surface area contributed by atoms with Gasteiger partial charge in [0.1, 0.15) is 6.04 Å². The van der Waals surface area contributed by atoms with Crippen LogP contribution < -0.4 is 5.32 Å². The molecule has 126 valence electrons. The highest BCUT2D eigenvalue weighted by atomic mass is 16.5. The zero-order valence-corrected chi connectivity index (χ0v) is 14.1. The lowest BCUT2D eigenvalue weighted by Crippen LogP contribution is -2.43. The van der Waals surface area contributed by atoms with Crippen LogP contribution in [0.1, 0.15) is 34.8 Å². The SMILES string of the molecule is COC(=O)[C@H](C)C[C@@H](NC(=O)c1cc(C)cc(C)c1)C(=O)OC. The normalized spacial score (nSPS) is 12.9. The predicted octanol–water partition coefficient (Wildman–Crippen LogP) is 1.77. The van der Waals surface area contributed by atoms with E-state index >= 15 is 0 Å². The Morgan fingerprint density at radius 2 is 1.52 bits per heavy atom. The van der Waals surface area contributed by atoms with E-state index in [1.807, 2.05) is 19.9 Å². The number of nitrogens with one attached hydrogen (secondary N) is 1. The maximum Gasteiger partial charge on any atom is 0.328 e. The predicted molar refractivity (Wildman–Crippen MR) is 85.0 cm³/mol. The summed E-state index contributed by atoms with van der Waals surface area (Å²) in [6.07, 6.45) is 0.107. The lowest BCUT2D eigenvalue weighted by atomic mass is 10.0. The van der Waals surface area contributed by atoms with Crippen molar-refractivity contribution in [2.45, 2.75) is 33.2 Å². The summed E-state index contributed by atoms with van der Waals surface area (Å²) in [6.45, 7) is 5.41. The second-order valence-electron chi connectivity index (χ2n) is 5.59. The number of amides is 1. The number of carbonyl (C=O) groups excluding carboxylic acids is 3. The maximum atomic E-state index is 12.4. The minimum absolute atomic E-state index is 0.107. The zero-order chi connectivity index (χ0) is 17.6. The Labute approximate surface area is 136 Å². The third kappa shape index (κ3) is 5.39. The minimum atomic E-state index is -0.914. The molecule has 1 rings (SSSR count). The fourth-order valence-electron chi connectivity index (χ4n) is 2.35. The summed E-state index contributed by atoms with van der Waals surface area (Å²) < 4.78 is 9.35. The Hall–Kier alpha value is -2.37. The molecule has 1 aromatic rings. The van der Waals surface area contributed by atoms with E-state index in [0.29, 0.717) is 5.56 Å². The molecule has 0 saturated heterocycles. The van der Waals surface area contributed by atoms with Crippen molar-refractivity contribution in [1.82, 2.24) is 5.32 Å². The highest BCUT2D eigenvalue weighted by Gasteiger charge is 2.27. The number of carbonyl (C=O) groups is 3. The van der Waals surface area contributed by atoms with Crippen LogP contribution in [-0.4, -0.2) is 38.1 Å². The van der Waals surface area contributed by atoms with Gasteiger partial charge in [0.15, 0.2) is 0 Å². The highest BCUT2D eigenvalue weighted by Crippen LogP contribution is 2.12. The first-order chi connectivity index (χ1) is 10.8. The molecule has 0 radical (unpaired) electrons. The van der Waals surface area contributed by atoms with Crippen molar-refractivity contribution in [3.63, 3.8) is 0 Å². The van der Waals surface area contributed by atoms with Gasteiger partial charge < -0.3 is 14.8 Å². The third-order valence-corrected chi connectivity index (χ3v) is 3.47. The van der Waals surface area contributed by atoms with Crippen LogP contribution in [0.2, 0.25) is 0 Å². The van der Waals surface area contributed by atoms with Gasteiger partial charge in [-0.2, -0.15) is 0 Å². The molecule has 1 amide bonds. The number of aryl methyl sites for hydroxylation is 2. The molecule has 2 atom stereocenters. The number of benzene rings is 1. The Morgan fingerprint density at radius 1 is 1.00 bits per heavy atom. The average molecular weight is 321 g/mol. The van der Waals surface area contributed by atoms with Gasteiger partial charge in [0.05, 0.1) is 20.1 Å². The molecule has 0 bridgehead atoms. The van der Waals surface area contributed by atoms with Gasteiger partial charge in [-0.3, -0.25) is 9.59 Å². The first-order valence-electron chi connectivity index (χ1n) is 7.33. The Morgan fingerprint density at radius 3 is 2.00 bits per heavy atom. The fourth-order valence-corrected chi connectivity index (χ4v) is 2.35. The zero-order valence-electron chi connectivity index (χ0n) is 14.1. The van der Waals surface area contributed by atoms with E-state index in [2.05, 4.69) is 10.1 Å². The van der Waals surface area contributed by atoms with E-state index in [9.17, 15) is 14.4 Å². The molecule has 6 nitrogen and oxygen atoms in total. The molecule has 0 saturated carbocycles. The van der Waals surface area contributed by atoms with E-state index < -0.39 is 23.9 Å². The smallest absolute Gasteiger partial charge is 0.328 e. The lowest BCUT2D eigenvalue weighted by molar-refractivity contribution is -0.147. The molecular formula is C17H23NO5. The Bertz CT molecular complexity index is 576. The van der Waals surface area contributed by atoms with Crippen LogP contribution in [0, 0.1) is 19.8 Å². The summed E-state index contributed by atoms with van der Waals surface area (Å²) >= 11 is 0. The molecule has 0 spiro atoms. The Balaban J connectivity index is 2.90. The second-order valence-corrected chi connectivity index (χ2v) is 5.59. The summed E-state index contributed by atoms with van der Waals surface area (Å²) in [4.78, 5) is 35.8. The van der Waals surface area contributed by atoms with E-state index in [1.165, 1.54) is 14.2 Å². The summed E-state index contributed by atoms with van der Waals surface area (Å²) in [5.74, 6) is -1.97. The highest BCUT2D eigenvalue weighted by molar-refractivity contribution is 5.97. The quantitative estimate of drug-likeness (QED) is 0.808. The Kier molecular flexibility index (Phi) is 6.75. The minimum Gasteiger partial charge on any atom is -0.469 e. The number of hydrogen-bond donors (Lipinski definition) is 1. The summed E-state index contributed by atoms with van der Waals surface area (Å²) in [7, 11) is 2.52. The number of methoxy groups -OCH3 is 2. The van der Waals surface area contributed by atoms with Crippen LogP contribution in [-0.2, 0) is 19.1 Å². The van der Waals surface area contributed by atoms with Crippen molar-refractivity contribution >= 4 is 17.8 Å². The first-order valence-corrected chi connectivity index (χ1v) is 7.33. The molecule has 0 fully saturated rings. The molecule has 0 aromatic heterocycles. The van der Waals surface area contributed by atoms with Gasteiger partial charge >= 0.3 is 11.9 Å². The monoisotopic (exact) mass is 321 g/mol. The molecule has 0 aliphatic heterocycles. The number of ether oxygens (including phenoxy) is 2. The van der Waals surface area contributed by atoms with Gasteiger partial charge in [0.25, 0.3) is 5.91 Å². The second kappa shape index (κ2) is 8.31. The van der Waals surface area contributed by atoms with Gasteiger partial charge in [-0.05, 0) is 32.4 Å². The molecule has 0 unspecified atom stereocenters. The standard InChI is InChI=1S/C17H23NO5/c1-10-6-11(2)8-13(7-10)15(19)18-14(17(21)23-5)9-12(3)16(20)22-4/h6-8,12,14H,9H2,1-5H3,(H,18,19)/t12-,14-/m1/s1. The van der Waals surface area contributed by atoms with Crippen molar-refractivity contribution in [2.24, 2.45) is 5.92 Å². The van der Waals surface area contributed by atoms with Gasteiger partial charge in [0.2, 0.25) is 0 Å². The fraction of sp³-hybridized carbons (Fsp3) is 0.471. The summed E-state index contributed by atoms with van der Waals surface area (Å²) in [5, 5.41) is 2.63. The van der Waals surface area contributed by atoms with E-state index in [0.717, 1.165) is 11.1 Å². The number of hydrogen-bond acceptors (Lipinski definition) is 5. The van der Waals surface area contributed by atoms with Crippen molar-refractivity contribution in [3.05, 3.63) is 34.9 Å². The molecule has 6 heteroatoms. The third-order valence-electron chi connectivity index (χ3n) is 3.47. The van der Waals surface area contributed by atoms with Gasteiger partial charge in [-0.1, -0.05) is 24.1 Å². The number of esters is 2. The molecule has 1 aromatic carbocycles.